The van der Waals surface area contributed by atoms with Crippen LogP contribution in [0.15, 0.2) is 24.3 Å². The van der Waals surface area contributed by atoms with E-state index in [0.717, 1.165) is 49.1 Å². The topological polar surface area (TPSA) is 79.9 Å². The number of nitrogens with zero attached hydrogens (tertiary/aromatic N) is 1. The summed E-state index contributed by atoms with van der Waals surface area (Å²) < 4.78 is 11.3. The lowest BCUT2D eigenvalue weighted by atomic mass is 9.93. The number of alkyl carbamates (subject to hydrolysis) is 1. The van der Waals surface area contributed by atoms with Gasteiger partial charge in [0.25, 0.3) is 0 Å². The van der Waals surface area contributed by atoms with E-state index in [1.165, 1.54) is 19.3 Å². The molecule has 2 fully saturated rings. The Labute approximate surface area is 202 Å². The molecule has 1 atom stereocenters. The van der Waals surface area contributed by atoms with Crippen LogP contribution in [0.5, 0.6) is 5.75 Å². The molecule has 8 heteroatoms. The molecule has 2 aliphatic heterocycles. The average molecular weight is 478 g/mol. The number of amides is 2. The Morgan fingerprint density at radius 1 is 1.21 bits per heavy atom. The summed E-state index contributed by atoms with van der Waals surface area (Å²) in [5.41, 5.74) is 0.354. The van der Waals surface area contributed by atoms with Gasteiger partial charge in [-0.05, 0) is 83.2 Å². The van der Waals surface area contributed by atoms with Gasteiger partial charge in [0.05, 0.1) is 12.5 Å². The molecule has 184 valence electrons. The Kier molecular flexibility index (Phi) is 9.74. The molecule has 0 saturated carbocycles. The molecule has 1 aromatic carbocycles. The molecule has 1 aromatic rings. The fourth-order valence-corrected chi connectivity index (χ4v) is 5.10. The second-order valence-corrected chi connectivity index (χ2v) is 10.9. The first-order valence-electron chi connectivity index (χ1n) is 12.1. The van der Waals surface area contributed by atoms with Gasteiger partial charge >= 0.3 is 6.09 Å². The van der Waals surface area contributed by atoms with E-state index >= 15 is 0 Å². The van der Waals surface area contributed by atoms with Crippen LogP contribution in [0.25, 0.3) is 0 Å². The van der Waals surface area contributed by atoms with E-state index in [1.807, 2.05) is 45.0 Å². The van der Waals surface area contributed by atoms with Crippen molar-refractivity contribution in [2.24, 2.45) is 5.92 Å². The van der Waals surface area contributed by atoms with Crippen LogP contribution >= 0.6 is 11.8 Å². The third-order valence-corrected chi connectivity index (χ3v) is 6.87. The maximum absolute atomic E-state index is 13.0. The third-order valence-electron chi connectivity index (χ3n) is 5.90. The van der Waals surface area contributed by atoms with E-state index in [-0.39, 0.29) is 5.91 Å². The lowest BCUT2D eigenvalue weighted by Crippen LogP contribution is -2.50. The Balaban J connectivity index is 1.51. The zero-order valence-electron chi connectivity index (χ0n) is 20.2. The summed E-state index contributed by atoms with van der Waals surface area (Å²) in [5, 5.41) is 6.20. The van der Waals surface area contributed by atoms with E-state index in [1.54, 1.807) is 16.7 Å². The molecule has 0 aromatic heterocycles. The summed E-state index contributed by atoms with van der Waals surface area (Å²) in [6.45, 7) is 9.13. The molecule has 0 unspecified atom stereocenters. The van der Waals surface area contributed by atoms with E-state index in [9.17, 15) is 9.59 Å². The van der Waals surface area contributed by atoms with Gasteiger partial charge in [-0.3, -0.25) is 4.79 Å². The van der Waals surface area contributed by atoms with E-state index in [0.29, 0.717) is 18.8 Å². The molecule has 2 N–H and O–H groups in total. The molecule has 2 heterocycles. The minimum absolute atomic E-state index is 0.0656. The van der Waals surface area contributed by atoms with Crippen molar-refractivity contribution in [1.29, 1.82) is 0 Å². The molecular weight excluding hydrogens is 438 g/mol. The summed E-state index contributed by atoms with van der Waals surface area (Å²) in [6, 6.07) is 7.17. The summed E-state index contributed by atoms with van der Waals surface area (Å²) in [5.74, 6) is 3.18. The van der Waals surface area contributed by atoms with Crippen molar-refractivity contribution in [1.82, 2.24) is 15.5 Å². The minimum Gasteiger partial charge on any atom is -0.494 e. The van der Waals surface area contributed by atoms with Crippen LogP contribution in [0.1, 0.15) is 52.0 Å². The molecule has 7 nitrogen and oxygen atoms in total. The van der Waals surface area contributed by atoms with Gasteiger partial charge in [-0.2, -0.15) is 0 Å². The number of thioether (sulfide) groups is 1. The minimum atomic E-state index is -0.657. The first-order valence-corrected chi connectivity index (χ1v) is 13.2. The van der Waals surface area contributed by atoms with Gasteiger partial charge in [0.15, 0.2) is 0 Å². The first kappa shape index (κ1) is 25.7. The monoisotopic (exact) mass is 477 g/mol. The fraction of sp³-hybridized carbons (Fsp3) is 0.680. The van der Waals surface area contributed by atoms with Gasteiger partial charge in [-0.15, -0.1) is 11.8 Å². The number of hydrogen-bond donors (Lipinski definition) is 2. The number of hydrogen-bond acceptors (Lipinski definition) is 6. The predicted octanol–water partition coefficient (Wildman–Crippen LogP) is 3.81. The lowest BCUT2D eigenvalue weighted by molar-refractivity contribution is -0.132. The summed E-state index contributed by atoms with van der Waals surface area (Å²) in [4.78, 5) is 27.2. The van der Waals surface area contributed by atoms with Crippen LogP contribution in [0, 0.1) is 5.92 Å². The maximum Gasteiger partial charge on any atom is 0.408 e. The number of carbonyl (C=O) groups is 2. The number of nitrogens with one attached hydrogen (secondary N) is 2. The third kappa shape index (κ3) is 9.08. The fourth-order valence-electron chi connectivity index (χ4n) is 4.15. The molecule has 33 heavy (non-hydrogen) atoms. The molecular formula is C25H39N3O4S. The summed E-state index contributed by atoms with van der Waals surface area (Å²) in [7, 11) is 0. The Morgan fingerprint density at radius 3 is 2.58 bits per heavy atom. The van der Waals surface area contributed by atoms with Gasteiger partial charge in [-0.25, -0.2) is 4.79 Å². The van der Waals surface area contributed by atoms with Crippen molar-refractivity contribution in [3.8, 4) is 5.75 Å². The molecule has 0 aliphatic carbocycles. The highest BCUT2D eigenvalue weighted by Crippen LogP contribution is 2.20. The normalized spacial score (nSPS) is 18.1. The van der Waals surface area contributed by atoms with Crippen molar-refractivity contribution in [3.05, 3.63) is 29.8 Å². The number of benzene rings is 1. The number of ether oxygens (including phenoxy) is 2. The average Bonchev–Trinajstić information content (AvgIpc) is 3.31. The first-order chi connectivity index (χ1) is 15.8. The van der Waals surface area contributed by atoms with Crippen molar-refractivity contribution in [2.75, 3.05) is 37.9 Å². The van der Waals surface area contributed by atoms with Crippen LogP contribution in [-0.4, -0.2) is 66.4 Å². The Hall–Kier alpha value is -1.93. The SMILES string of the molecule is CC(C)(C)OC(=O)N[C@@H](Cc1ccc(OCCCC2CCNCC2)cc1)C(=O)N1CCSC1. The van der Waals surface area contributed by atoms with Crippen LogP contribution in [0.4, 0.5) is 4.79 Å². The number of piperidine rings is 1. The standard InChI is InChI=1S/C25H39N3O4S/c1-25(2,3)32-24(30)27-22(23(29)28-14-16-33-18-28)17-20-6-8-21(9-7-20)31-15-4-5-19-10-12-26-13-11-19/h6-9,19,22,26H,4-5,10-18H2,1-3H3,(H,27,30)/t22-/m0/s1. The summed E-state index contributed by atoms with van der Waals surface area (Å²) >= 11 is 1.72. The zero-order chi connectivity index (χ0) is 23.7. The van der Waals surface area contributed by atoms with Crippen LogP contribution in [0.3, 0.4) is 0 Å². The highest BCUT2D eigenvalue weighted by atomic mass is 32.2. The van der Waals surface area contributed by atoms with Gasteiger partial charge in [0.2, 0.25) is 5.91 Å². The molecule has 0 radical (unpaired) electrons. The number of carbonyl (C=O) groups excluding carboxylic acids is 2. The molecule has 2 amide bonds. The quantitative estimate of drug-likeness (QED) is 0.527. The number of rotatable bonds is 9. The van der Waals surface area contributed by atoms with E-state index in [2.05, 4.69) is 10.6 Å². The van der Waals surface area contributed by atoms with Crippen molar-refractivity contribution >= 4 is 23.8 Å². The van der Waals surface area contributed by atoms with Gasteiger partial charge in [0.1, 0.15) is 17.4 Å². The second-order valence-electron chi connectivity index (χ2n) is 9.87. The molecule has 0 bridgehead atoms. The largest absolute Gasteiger partial charge is 0.494 e. The van der Waals surface area contributed by atoms with Gasteiger partial charge < -0.3 is 25.0 Å². The highest BCUT2D eigenvalue weighted by molar-refractivity contribution is 7.99. The highest BCUT2D eigenvalue weighted by Gasteiger charge is 2.30. The molecule has 0 spiro atoms. The van der Waals surface area contributed by atoms with Gasteiger partial charge in [0, 0.05) is 18.7 Å². The summed E-state index contributed by atoms with van der Waals surface area (Å²) in [6.07, 6.45) is 4.66. The van der Waals surface area contributed by atoms with Crippen molar-refractivity contribution in [2.45, 2.75) is 64.5 Å². The Morgan fingerprint density at radius 2 is 1.94 bits per heavy atom. The van der Waals surface area contributed by atoms with Crippen LogP contribution in [-0.2, 0) is 16.0 Å². The van der Waals surface area contributed by atoms with Crippen LogP contribution < -0.4 is 15.4 Å². The molecule has 3 rings (SSSR count). The smallest absolute Gasteiger partial charge is 0.408 e. The molecule has 2 saturated heterocycles. The zero-order valence-corrected chi connectivity index (χ0v) is 21.0. The second kappa shape index (κ2) is 12.5. The molecule has 2 aliphatic rings. The predicted molar refractivity (Wildman–Crippen MR) is 133 cm³/mol. The van der Waals surface area contributed by atoms with Crippen molar-refractivity contribution in [3.63, 3.8) is 0 Å². The van der Waals surface area contributed by atoms with E-state index in [4.69, 9.17) is 9.47 Å². The van der Waals surface area contributed by atoms with Crippen molar-refractivity contribution < 1.29 is 19.1 Å². The Bertz CT molecular complexity index is 754. The lowest BCUT2D eigenvalue weighted by Gasteiger charge is -2.26. The van der Waals surface area contributed by atoms with E-state index < -0.39 is 17.7 Å². The van der Waals surface area contributed by atoms with Crippen LogP contribution in [0.2, 0.25) is 0 Å². The maximum atomic E-state index is 13.0. The van der Waals surface area contributed by atoms with Gasteiger partial charge in [-0.1, -0.05) is 12.1 Å².